The number of ketones is 1. The van der Waals surface area contributed by atoms with E-state index >= 15 is 0 Å². The lowest BCUT2D eigenvalue weighted by Crippen LogP contribution is -2.45. The van der Waals surface area contributed by atoms with Crippen molar-refractivity contribution in [3.8, 4) is 0 Å². The summed E-state index contributed by atoms with van der Waals surface area (Å²) < 4.78 is 10.6. The molecule has 0 saturated heterocycles. The molecule has 2 N–H and O–H groups in total. The van der Waals surface area contributed by atoms with Crippen LogP contribution in [-0.4, -0.2) is 23.3 Å². The van der Waals surface area contributed by atoms with E-state index in [1.807, 2.05) is 13.0 Å². The van der Waals surface area contributed by atoms with Gasteiger partial charge >= 0.3 is 5.97 Å². The minimum atomic E-state index is -1.46. The van der Waals surface area contributed by atoms with Gasteiger partial charge in [-0.05, 0) is 32.4 Å². The Morgan fingerprint density at radius 1 is 1.45 bits per heavy atom. The Hall–Kier alpha value is -2.63. The third-order valence-corrected chi connectivity index (χ3v) is 4.16. The molecular formula is C16H15NO5. The largest absolute Gasteiger partial charge is 0.465 e. The fourth-order valence-corrected chi connectivity index (χ4v) is 3.08. The first-order valence-electron chi connectivity index (χ1n) is 6.91. The van der Waals surface area contributed by atoms with Crippen molar-refractivity contribution >= 4 is 17.7 Å². The maximum absolute atomic E-state index is 12.7. The Labute approximate surface area is 126 Å². The summed E-state index contributed by atoms with van der Waals surface area (Å²) in [7, 11) is 0. The SMILES string of the molecule is C/C=C/C1=CC2CC3=C(C(N)=O)C(=O)O[C@@]3(C)C(=O)C2=CO1. The third kappa shape index (κ3) is 1.83. The molecule has 2 atom stereocenters. The van der Waals surface area contributed by atoms with Crippen LogP contribution in [0.4, 0.5) is 0 Å². The van der Waals surface area contributed by atoms with E-state index in [4.69, 9.17) is 15.2 Å². The lowest BCUT2D eigenvalue weighted by atomic mass is 9.71. The molecule has 1 saturated carbocycles. The van der Waals surface area contributed by atoms with E-state index in [0.717, 1.165) is 0 Å². The molecule has 3 aliphatic rings. The van der Waals surface area contributed by atoms with E-state index in [1.165, 1.54) is 13.2 Å². The first kappa shape index (κ1) is 14.3. The van der Waals surface area contributed by atoms with Crippen LogP contribution in [0.25, 0.3) is 0 Å². The maximum atomic E-state index is 12.7. The second kappa shape index (κ2) is 4.69. The fourth-order valence-electron chi connectivity index (χ4n) is 3.08. The third-order valence-electron chi connectivity index (χ3n) is 4.16. The molecule has 2 heterocycles. The molecule has 0 spiro atoms. The number of nitrogens with two attached hydrogens (primary N) is 1. The van der Waals surface area contributed by atoms with E-state index in [0.29, 0.717) is 23.3 Å². The summed E-state index contributed by atoms with van der Waals surface area (Å²) in [6.45, 7) is 3.34. The normalized spacial score (nSPS) is 30.4. The summed E-state index contributed by atoms with van der Waals surface area (Å²) in [5, 5.41) is 0. The number of hydrogen-bond donors (Lipinski definition) is 1. The van der Waals surface area contributed by atoms with Crippen LogP contribution in [0, 0.1) is 5.92 Å². The van der Waals surface area contributed by atoms with Gasteiger partial charge in [0.2, 0.25) is 5.78 Å². The minimum absolute atomic E-state index is 0.206. The molecule has 0 aromatic rings. The number of primary amides is 1. The lowest BCUT2D eigenvalue weighted by Gasteiger charge is -2.35. The van der Waals surface area contributed by atoms with Crippen LogP contribution in [0.3, 0.4) is 0 Å². The van der Waals surface area contributed by atoms with Gasteiger partial charge < -0.3 is 15.2 Å². The van der Waals surface area contributed by atoms with Gasteiger partial charge in [-0.1, -0.05) is 6.08 Å². The van der Waals surface area contributed by atoms with Crippen LogP contribution >= 0.6 is 0 Å². The van der Waals surface area contributed by atoms with Crippen molar-refractivity contribution in [1.82, 2.24) is 0 Å². The summed E-state index contributed by atoms with van der Waals surface area (Å²) in [5.74, 6) is -1.73. The number of carbonyl (C=O) groups excluding carboxylic acids is 3. The quantitative estimate of drug-likeness (QED) is 0.607. The van der Waals surface area contributed by atoms with Crippen molar-refractivity contribution in [3.05, 3.63) is 47.0 Å². The monoisotopic (exact) mass is 301 g/mol. The van der Waals surface area contributed by atoms with Crippen molar-refractivity contribution in [1.29, 1.82) is 0 Å². The molecule has 114 valence electrons. The average molecular weight is 301 g/mol. The number of hydrogen-bond acceptors (Lipinski definition) is 5. The molecular weight excluding hydrogens is 286 g/mol. The van der Waals surface area contributed by atoms with E-state index in [9.17, 15) is 14.4 Å². The van der Waals surface area contributed by atoms with Gasteiger partial charge in [-0.3, -0.25) is 9.59 Å². The standard InChI is InChI=1S/C16H15NO5/c1-3-4-9-5-8-6-11-12(14(17)19)15(20)22-16(11,2)13(18)10(8)7-21-9/h3-5,7-8H,6H2,1-2H3,(H2,17,19)/b4-3+/t8?,16-/m1/s1. The van der Waals surface area contributed by atoms with Crippen molar-refractivity contribution < 1.29 is 23.9 Å². The Morgan fingerprint density at radius 3 is 2.82 bits per heavy atom. The summed E-state index contributed by atoms with van der Waals surface area (Å²) >= 11 is 0. The highest BCUT2D eigenvalue weighted by Crippen LogP contribution is 2.47. The van der Waals surface area contributed by atoms with Gasteiger partial charge in [0.15, 0.2) is 5.60 Å². The minimum Gasteiger partial charge on any atom is -0.465 e. The Morgan fingerprint density at radius 2 is 2.18 bits per heavy atom. The highest BCUT2D eigenvalue weighted by Gasteiger charge is 2.56. The molecule has 1 aliphatic carbocycles. The van der Waals surface area contributed by atoms with Crippen LogP contribution in [0.2, 0.25) is 0 Å². The van der Waals surface area contributed by atoms with Crippen LogP contribution in [0.15, 0.2) is 47.0 Å². The fraction of sp³-hybridized carbons (Fsp3) is 0.312. The highest BCUT2D eigenvalue weighted by atomic mass is 16.6. The second-order valence-corrected chi connectivity index (χ2v) is 5.54. The number of carbonyl (C=O) groups is 3. The van der Waals surface area contributed by atoms with Gasteiger partial charge in [-0.2, -0.15) is 0 Å². The number of ether oxygens (including phenoxy) is 2. The molecule has 0 bridgehead atoms. The molecule has 6 heteroatoms. The van der Waals surface area contributed by atoms with Gasteiger partial charge in [0, 0.05) is 17.1 Å². The van der Waals surface area contributed by atoms with Crippen LogP contribution < -0.4 is 5.73 Å². The number of fused-ring (bicyclic) bond motifs is 2. The van der Waals surface area contributed by atoms with Crippen molar-refractivity contribution in [2.45, 2.75) is 25.9 Å². The summed E-state index contributed by atoms with van der Waals surface area (Å²) in [5.41, 5.74) is 4.39. The van der Waals surface area contributed by atoms with Crippen LogP contribution in [0.1, 0.15) is 20.3 Å². The predicted octanol–water partition coefficient (Wildman–Crippen LogP) is 1.05. The molecule has 6 nitrogen and oxygen atoms in total. The van der Waals surface area contributed by atoms with Gasteiger partial charge in [-0.25, -0.2) is 4.79 Å². The number of rotatable bonds is 2. The topological polar surface area (TPSA) is 95.7 Å². The van der Waals surface area contributed by atoms with E-state index < -0.39 is 17.5 Å². The van der Waals surface area contributed by atoms with E-state index in [-0.39, 0.29) is 17.3 Å². The van der Waals surface area contributed by atoms with E-state index in [1.54, 1.807) is 12.2 Å². The summed E-state index contributed by atoms with van der Waals surface area (Å²) in [6, 6.07) is 0. The molecule has 22 heavy (non-hydrogen) atoms. The molecule has 0 radical (unpaired) electrons. The number of amides is 1. The summed E-state index contributed by atoms with van der Waals surface area (Å²) in [6.07, 6.45) is 7.09. The Balaban J connectivity index is 2.10. The first-order valence-corrected chi connectivity index (χ1v) is 6.91. The molecule has 0 aromatic carbocycles. The Kier molecular flexibility index (Phi) is 3.05. The van der Waals surface area contributed by atoms with Crippen LogP contribution in [-0.2, 0) is 23.9 Å². The van der Waals surface area contributed by atoms with E-state index in [2.05, 4.69) is 0 Å². The smallest absolute Gasteiger partial charge is 0.345 e. The molecule has 3 rings (SSSR count). The van der Waals surface area contributed by atoms with Gasteiger partial charge in [-0.15, -0.1) is 0 Å². The van der Waals surface area contributed by atoms with Crippen molar-refractivity contribution in [2.75, 3.05) is 0 Å². The highest BCUT2D eigenvalue weighted by molar-refractivity contribution is 6.22. The van der Waals surface area contributed by atoms with Crippen molar-refractivity contribution in [3.63, 3.8) is 0 Å². The molecule has 1 unspecified atom stereocenters. The second-order valence-electron chi connectivity index (χ2n) is 5.54. The number of allylic oxidation sites excluding steroid dienone is 3. The van der Waals surface area contributed by atoms with Gasteiger partial charge in [0.25, 0.3) is 5.91 Å². The summed E-state index contributed by atoms with van der Waals surface area (Å²) in [4.78, 5) is 36.1. The molecule has 1 amide bonds. The zero-order valence-corrected chi connectivity index (χ0v) is 12.2. The average Bonchev–Trinajstić information content (AvgIpc) is 2.71. The molecule has 0 aromatic heterocycles. The van der Waals surface area contributed by atoms with Crippen LogP contribution in [0.5, 0.6) is 0 Å². The van der Waals surface area contributed by atoms with Gasteiger partial charge in [0.05, 0.1) is 6.26 Å². The lowest BCUT2D eigenvalue weighted by molar-refractivity contribution is -0.154. The first-order chi connectivity index (χ1) is 10.4. The Bertz CT molecular complexity index is 725. The van der Waals surface area contributed by atoms with Gasteiger partial charge in [0.1, 0.15) is 11.3 Å². The molecule has 2 aliphatic heterocycles. The molecule has 1 fully saturated rings. The maximum Gasteiger partial charge on any atom is 0.345 e. The zero-order chi connectivity index (χ0) is 16.1. The predicted molar refractivity (Wildman–Crippen MR) is 75.9 cm³/mol. The zero-order valence-electron chi connectivity index (χ0n) is 12.2. The number of Topliss-reactive ketones (excluding diaryl/α,β-unsaturated/α-hetero) is 1. The number of esters is 1. The van der Waals surface area contributed by atoms with Crippen molar-refractivity contribution in [2.24, 2.45) is 11.7 Å².